The highest BCUT2D eigenvalue weighted by Gasteiger charge is 2.46. The van der Waals surface area contributed by atoms with Crippen molar-refractivity contribution in [3.63, 3.8) is 0 Å². The van der Waals surface area contributed by atoms with Gasteiger partial charge >= 0.3 is 4.87 Å². The second-order valence-corrected chi connectivity index (χ2v) is 8.54. The van der Waals surface area contributed by atoms with E-state index in [1.54, 1.807) is 6.08 Å². The number of ketones is 1. The molecule has 11 nitrogen and oxygen atoms in total. The molecule has 4 N–H and O–H groups in total. The van der Waals surface area contributed by atoms with Gasteiger partial charge in [0.05, 0.1) is 18.6 Å². The molecule has 5 atom stereocenters. The fraction of sp³-hybridized carbons (Fsp3) is 0.600. The Morgan fingerprint density at radius 2 is 2.22 bits per heavy atom. The monoisotopic (exact) mass is 468 g/mol. The van der Waals surface area contributed by atoms with Crippen molar-refractivity contribution in [1.29, 1.82) is 0 Å². The minimum absolute atomic E-state index is 0.00232. The number of carbonyl (C=O) groups excluding carboxylic acids is 1. The van der Waals surface area contributed by atoms with Crippen LogP contribution in [0.1, 0.15) is 39.8 Å². The van der Waals surface area contributed by atoms with Gasteiger partial charge in [-0.15, -0.1) is 0 Å². The summed E-state index contributed by atoms with van der Waals surface area (Å²) >= 11 is 0.732. The number of aromatic amines is 1. The standard InChI is InChI=1S/C20H28N4O7S/c1-4-5-8-29-14-12(7-6-10(2)25)18(31-13(14)9-30-11(3)26)24-16-15(32-20(24)28)17(27)23-19(21)22-16/h6-7,11-14,18,26H,4-5,8-9H2,1-3H3,(H3,21,22,23,27)/b7-6+/t11?,12-,13-,14-,18-/m1/s1. The number of nitrogens with one attached hydrogen (secondary N) is 1. The molecule has 32 heavy (non-hydrogen) atoms. The van der Waals surface area contributed by atoms with Gasteiger partial charge in [0.1, 0.15) is 17.0 Å². The summed E-state index contributed by atoms with van der Waals surface area (Å²) in [5, 5.41) is 9.56. The number of aliphatic hydroxyl groups is 1. The van der Waals surface area contributed by atoms with E-state index in [2.05, 4.69) is 9.97 Å². The van der Waals surface area contributed by atoms with Crippen LogP contribution in [0.25, 0.3) is 10.3 Å². The average Bonchev–Trinajstić information content (AvgIpc) is 3.21. The fourth-order valence-electron chi connectivity index (χ4n) is 3.56. The zero-order chi connectivity index (χ0) is 23.4. The Kier molecular flexibility index (Phi) is 7.96. The van der Waals surface area contributed by atoms with Crippen molar-refractivity contribution >= 4 is 33.4 Å². The molecule has 0 bridgehead atoms. The van der Waals surface area contributed by atoms with Crippen LogP contribution in [0.5, 0.6) is 0 Å². The number of allylic oxidation sites excluding steroid dienone is 1. The summed E-state index contributed by atoms with van der Waals surface area (Å²) in [5.41, 5.74) is 5.27. The molecule has 0 aliphatic carbocycles. The van der Waals surface area contributed by atoms with E-state index < -0.39 is 41.1 Å². The molecule has 2 aromatic rings. The number of rotatable bonds is 10. The molecule has 1 saturated heterocycles. The summed E-state index contributed by atoms with van der Waals surface area (Å²) < 4.78 is 19.0. The number of aliphatic hydroxyl groups excluding tert-OH is 1. The molecule has 2 aromatic heterocycles. The number of fused-ring (bicyclic) bond motifs is 1. The molecule has 1 aliphatic heterocycles. The van der Waals surface area contributed by atoms with E-state index in [1.165, 1.54) is 24.5 Å². The fourth-order valence-corrected chi connectivity index (χ4v) is 4.40. The van der Waals surface area contributed by atoms with Crippen LogP contribution in [-0.4, -0.2) is 57.1 Å². The topological polar surface area (TPSA) is 159 Å². The van der Waals surface area contributed by atoms with Crippen molar-refractivity contribution in [3.8, 4) is 0 Å². The molecule has 1 fully saturated rings. The largest absolute Gasteiger partial charge is 0.375 e. The minimum Gasteiger partial charge on any atom is -0.375 e. The number of aromatic nitrogens is 3. The van der Waals surface area contributed by atoms with Crippen LogP contribution in [0.3, 0.4) is 0 Å². The highest BCUT2D eigenvalue weighted by atomic mass is 32.1. The first kappa shape index (κ1) is 24.3. The smallest absolute Gasteiger partial charge is 0.311 e. The third-order valence-electron chi connectivity index (χ3n) is 5.00. The molecule has 12 heteroatoms. The van der Waals surface area contributed by atoms with Crippen molar-refractivity contribution < 1.29 is 24.1 Å². The number of thiazole rings is 1. The lowest BCUT2D eigenvalue weighted by atomic mass is 9.98. The maximum absolute atomic E-state index is 12.9. The summed E-state index contributed by atoms with van der Waals surface area (Å²) in [6.45, 7) is 5.36. The minimum atomic E-state index is -1.02. The van der Waals surface area contributed by atoms with Gasteiger partial charge in [-0.2, -0.15) is 4.98 Å². The average molecular weight is 469 g/mol. The Morgan fingerprint density at radius 3 is 2.88 bits per heavy atom. The number of ether oxygens (including phenoxy) is 3. The van der Waals surface area contributed by atoms with Gasteiger partial charge in [0.25, 0.3) is 5.56 Å². The van der Waals surface area contributed by atoms with Gasteiger partial charge in [-0.1, -0.05) is 30.8 Å². The van der Waals surface area contributed by atoms with E-state index in [1.807, 2.05) is 6.92 Å². The predicted octanol–water partition coefficient (Wildman–Crippen LogP) is 0.928. The van der Waals surface area contributed by atoms with Crippen LogP contribution < -0.4 is 16.2 Å². The Balaban J connectivity index is 2.08. The summed E-state index contributed by atoms with van der Waals surface area (Å²) in [5.74, 6) is -0.871. The highest BCUT2D eigenvalue weighted by Crippen LogP contribution is 2.39. The van der Waals surface area contributed by atoms with Crippen molar-refractivity contribution in [2.45, 2.75) is 58.3 Å². The highest BCUT2D eigenvalue weighted by molar-refractivity contribution is 7.16. The molecule has 1 aliphatic rings. The molecule has 0 spiro atoms. The van der Waals surface area contributed by atoms with Crippen molar-refractivity contribution in [2.75, 3.05) is 18.9 Å². The molecule has 0 aromatic carbocycles. The number of nitrogens with zero attached hydrogens (tertiary/aromatic N) is 2. The second-order valence-electron chi connectivity index (χ2n) is 7.58. The van der Waals surface area contributed by atoms with Crippen LogP contribution in [0.15, 0.2) is 21.7 Å². The number of carbonyl (C=O) groups is 1. The lowest BCUT2D eigenvalue weighted by Gasteiger charge is -2.23. The van der Waals surface area contributed by atoms with Crippen LogP contribution in [0.2, 0.25) is 0 Å². The van der Waals surface area contributed by atoms with Crippen molar-refractivity contribution in [2.24, 2.45) is 5.92 Å². The number of H-pyrrole nitrogens is 1. The lowest BCUT2D eigenvalue weighted by Crippen LogP contribution is -2.34. The van der Waals surface area contributed by atoms with Gasteiger partial charge in [0, 0.05) is 6.61 Å². The molecule has 0 radical (unpaired) electrons. The first-order valence-electron chi connectivity index (χ1n) is 10.4. The number of hydrogen-bond acceptors (Lipinski definition) is 10. The van der Waals surface area contributed by atoms with Gasteiger partial charge in [0.2, 0.25) is 5.95 Å². The van der Waals surface area contributed by atoms with E-state index in [0.717, 1.165) is 24.2 Å². The number of unbranched alkanes of at least 4 members (excludes halogenated alkanes) is 1. The number of nitrogen functional groups attached to an aromatic ring is 1. The molecule has 0 saturated carbocycles. The van der Waals surface area contributed by atoms with E-state index in [-0.39, 0.29) is 28.7 Å². The van der Waals surface area contributed by atoms with Crippen LogP contribution >= 0.6 is 11.3 Å². The van der Waals surface area contributed by atoms with Crippen molar-refractivity contribution in [1.82, 2.24) is 14.5 Å². The Labute approximate surface area is 187 Å². The third-order valence-corrected chi connectivity index (χ3v) is 5.94. The summed E-state index contributed by atoms with van der Waals surface area (Å²) in [6, 6.07) is 0. The normalized spacial score (nSPS) is 24.5. The lowest BCUT2D eigenvalue weighted by molar-refractivity contribution is -0.139. The van der Waals surface area contributed by atoms with Crippen LogP contribution in [0, 0.1) is 5.92 Å². The third kappa shape index (κ3) is 5.33. The summed E-state index contributed by atoms with van der Waals surface area (Å²) in [7, 11) is 0. The molecule has 3 heterocycles. The van der Waals surface area contributed by atoms with Gasteiger partial charge in [0.15, 0.2) is 17.7 Å². The maximum atomic E-state index is 12.9. The molecule has 0 amide bonds. The van der Waals surface area contributed by atoms with E-state index in [9.17, 15) is 19.5 Å². The van der Waals surface area contributed by atoms with Gasteiger partial charge in [-0.05, 0) is 26.3 Å². The molecule has 3 rings (SSSR count). The first-order valence-corrected chi connectivity index (χ1v) is 11.2. The van der Waals surface area contributed by atoms with Gasteiger partial charge in [-0.25, -0.2) is 0 Å². The summed E-state index contributed by atoms with van der Waals surface area (Å²) in [4.78, 5) is 42.9. The molecule has 1 unspecified atom stereocenters. The molecule has 176 valence electrons. The SMILES string of the molecule is CCCCO[C@@H]1[C@@H](/C=C/C(C)=O)[C@H](n2c(=O)sc3c(=O)[nH]c(N)nc32)O[C@@H]1COC(C)O. The second kappa shape index (κ2) is 10.5. The number of anilines is 1. The van der Waals surface area contributed by atoms with Crippen LogP contribution in [0.4, 0.5) is 5.95 Å². The maximum Gasteiger partial charge on any atom is 0.311 e. The quantitative estimate of drug-likeness (QED) is 0.262. The Bertz CT molecular complexity index is 1090. The number of nitrogens with two attached hydrogens (primary N) is 1. The zero-order valence-electron chi connectivity index (χ0n) is 18.1. The van der Waals surface area contributed by atoms with Crippen LogP contribution in [-0.2, 0) is 19.0 Å². The zero-order valence-corrected chi connectivity index (χ0v) is 19.0. The van der Waals surface area contributed by atoms with Gasteiger partial charge < -0.3 is 25.1 Å². The van der Waals surface area contributed by atoms with Crippen molar-refractivity contribution in [3.05, 3.63) is 32.2 Å². The Hall–Kier alpha value is -2.38. The Morgan fingerprint density at radius 1 is 1.47 bits per heavy atom. The van der Waals surface area contributed by atoms with E-state index >= 15 is 0 Å². The van der Waals surface area contributed by atoms with E-state index in [0.29, 0.717) is 6.61 Å². The molecular formula is C20H28N4O7S. The molecular weight excluding hydrogens is 440 g/mol. The summed E-state index contributed by atoms with van der Waals surface area (Å²) in [6.07, 6.45) is 1.60. The predicted molar refractivity (Wildman–Crippen MR) is 118 cm³/mol. The van der Waals surface area contributed by atoms with E-state index in [4.69, 9.17) is 19.9 Å². The number of hydrogen-bond donors (Lipinski definition) is 3. The van der Waals surface area contributed by atoms with Gasteiger partial charge in [-0.3, -0.25) is 23.9 Å². The first-order chi connectivity index (χ1) is 15.2.